The third-order valence-electron chi connectivity index (χ3n) is 3.92. The second kappa shape index (κ2) is 7.10. The molecule has 0 radical (unpaired) electrons. The first-order chi connectivity index (χ1) is 11.9. The third kappa shape index (κ3) is 3.39. The molecule has 0 atom stereocenters. The van der Waals surface area contributed by atoms with Crippen molar-refractivity contribution in [3.8, 4) is 0 Å². The Bertz CT molecular complexity index is 968. The van der Waals surface area contributed by atoms with E-state index in [1.54, 1.807) is 19.1 Å². The molecule has 1 aromatic heterocycles. The molecule has 0 fully saturated rings. The smallest absolute Gasteiger partial charge is 0.338 e. The van der Waals surface area contributed by atoms with E-state index in [2.05, 4.69) is 4.98 Å². The van der Waals surface area contributed by atoms with Gasteiger partial charge in [-0.25, -0.2) is 9.18 Å². The Hall–Kier alpha value is -1.98. The SMILES string of the molecule is CCOC(=O)c1cc(Sc2c(C)[nH]c3c(F)c(Cl)ccc23)ccc1C. The Morgan fingerprint density at radius 2 is 2.04 bits per heavy atom. The monoisotopic (exact) mass is 377 g/mol. The number of aromatic nitrogens is 1. The van der Waals surface area contributed by atoms with Crippen LogP contribution >= 0.6 is 23.4 Å². The summed E-state index contributed by atoms with van der Waals surface area (Å²) in [5.74, 6) is -0.791. The summed E-state index contributed by atoms with van der Waals surface area (Å²) >= 11 is 7.33. The number of rotatable bonds is 4. The summed E-state index contributed by atoms with van der Waals surface area (Å²) in [6, 6.07) is 8.98. The van der Waals surface area contributed by atoms with Gasteiger partial charge in [-0.3, -0.25) is 0 Å². The third-order valence-corrected chi connectivity index (χ3v) is 5.43. The summed E-state index contributed by atoms with van der Waals surface area (Å²) in [5, 5.41) is 0.855. The number of hydrogen-bond donors (Lipinski definition) is 1. The highest BCUT2D eigenvalue weighted by Crippen LogP contribution is 2.39. The number of benzene rings is 2. The molecule has 1 heterocycles. The highest BCUT2D eigenvalue weighted by Gasteiger charge is 2.17. The van der Waals surface area contributed by atoms with Crippen molar-refractivity contribution in [2.24, 2.45) is 0 Å². The number of hydrogen-bond acceptors (Lipinski definition) is 3. The molecule has 0 aliphatic heterocycles. The van der Waals surface area contributed by atoms with Gasteiger partial charge in [-0.1, -0.05) is 29.4 Å². The van der Waals surface area contributed by atoms with Gasteiger partial charge in [0.05, 0.1) is 22.7 Å². The van der Waals surface area contributed by atoms with Gasteiger partial charge in [-0.2, -0.15) is 0 Å². The summed E-state index contributed by atoms with van der Waals surface area (Å²) < 4.78 is 19.3. The predicted octanol–water partition coefficient (Wildman–Crippen LogP) is 5.91. The van der Waals surface area contributed by atoms with Gasteiger partial charge in [-0.05, 0) is 50.6 Å². The van der Waals surface area contributed by atoms with Gasteiger partial charge in [0.1, 0.15) is 0 Å². The molecule has 0 amide bonds. The van der Waals surface area contributed by atoms with E-state index in [9.17, 15) is 9.18 Å². The molecule has 0 saturated carbocycles. The summed E-state index contributed by atoms with van der Waals surface area (Å²) in [5.41, 5.74) is 2.64. The van der Waals surface area contributed by atoms with Crippen LogP contribution in [-0.2, 0) is 4.74 Å². The summed E-state index contributed by atoms with van der Waals surface area (Å²) in [4.78, 5) is 16.9. The van der Waals surface area contributed by atoms with Gasteiger partial charge < -0.3 is 9.72 Å². The van der Waals surface area contributed by atoms with Crippen molar-refractivity contribution >= 4 is 40.2 Å². The van der Waals surface area contributed by atoms with Crippen LogP contribution in [0.1, 0.15) is 28.5 Å². The number of aromatic amines is 1. The van der Waals surface area contributed by atoms with Gasteiger partial charge >= 0.3 is 5.97 Å². The van der Waals surface area contributed by atoms with Crippen molar-refractivity contribution in [1.82, 2.24) is 4.98 Å². The van der Waals surface area contributed by atoms with E-state index in [-0.39, 0.29) is 11.0 Å². The maximum absolute atomic E-state index is 14.2. The molecule has 0 spiro atoms. The normalized spacial score (nSPS) is 11.1. The highest BCUT2D eigenvalue weighted by atomic mass is 35.5. The van der Waals surface area contributed by atoms with Crippen LogP contribution in [0.15, 0.2) is 40.1 Å². The van der Waals surface area contributed by atoms with E-state index in [1.807, 2.05) is 32.0 Å². The molecular formula is C19H17ClFNO2S. The number of carbonyl (C=O) groups excluding carboxylic acids is 1. The number of carbonyl (C=O) groups is 1. The van der Waals surface area contributed by atoms with E-state index in [0.29, 0.717) is 17.7 Å². The number of ether oxygens (including phenoxy) is 1. The molecule has 0 bridgehead atoms. The second-order valence-corrected chi connectivity index (χ2v) is 7.15. The van der Waals surface area contributed by atoms with Gasteiger partial charge in [-0.15, -0.1) is 0 Å². The van der Waals surface area contributed by atoms with Crippen LogP contribution in [0.2, 0.25) is 5.02 Å². The lowest BCUT2D eigenvalue weighted by Gasteiger charge is -2.08. The van der Waals surface area contributed by atoms with Crippen LogP contribution in [-0.4, -0.2) is 17.6 Å². The Kier molecular flexibility index (Phi) is 5.06. The lowest BCUT2D eigenvalue weighted by Crippen LogP contribution is -2.06. The molecule has 1 N–H and O–H groups in total. The number of H-pyrrole nitrogens is 1. The van der Waals surface area contributed by atoms with Gasteiger partial charge in [0.15, 0.2) is 5.82 Å². The van der Waals surface area contributed by atoms with E-state index in [0.717, 1.165) is 26.4 Å². The molecule has 3 aromatic rings. The minimum atomic E-state index is -0.453. The van der Waals surface area contributed by atoms with Crippen LogP contribution < -0.4 is 0 Å². The maximum atomic E-state index is 14.2. The van der Waals surface area contributed by atoms with Crippen LogP contribution in [0.25, 0.3) is 10.9 Å². The highest BCUT2D eigenvalue weighted by molar-refractivity contribution is 7.99. The van der Waals surface area contributed by atoms with Crippen molar-refractivity contribution in [3.63, 3.8) is 0 Å². The Morgan fingerprint density at radius 1 is 1.28 bits per heavy atom. The summed E-state index contributed by atoms with van der Waals surface area (Å²) in [6.07, 6.45) is 0. The lowest BCUT2D eigenvalue weighted by atomic mass is 10.1. The van der Waals surface area contributed by atoms with Crippen molar-refractivity contribution in [2.45, 2.75) is 30.6 Å². The molecule has 3 nitrogen and oxygen atoms in total. The predicted molar refractivity (Wildman–Crippen MR) is 99.3 cm³/mol. The topological polar surface area (TPSA) is 42.1 Å². The molecule has 0 saturated heterocycles. The number of halogens is 2. The first kappa shape index (κ1) is 17.8. The van der Waals surface area contributed by atoms with Crippen molar-refractivity contribution < 1.29 is 13.9 Å². The average Bonchev–Trinajstić information content (AvgIpc) is 2.89. The molecule has 0 aliphatic rings. The van der Waals surface area contributed by atoms with Crippen molar-refractivity contribution in [2.75, 3.05) is 6.61 Å². The van der Waals surface area contributed by atoms with E-state index in [1.165, 1.54) is 11.8 Å². The fourth-order valence-corrected chi connectivity index (χ4v) is 3.84. The first-order valence-corrected chi connectivity index (χ1v) is 9.03. The number of nitrogens with one attached hydrogen (secondary N) is 1. The minimum absolute atomic E-state index is 0.0882. The molecule has 25 heavy (non-hydrogen) atoms. The minimum Gasteiger partial charge on any atom is -0.462 e. The van der Waals surface area contributed by atoms with Crippen LogP contribution in [0.4, 0.5) is 4.39 Å². The Balaban J connectivity index is 2.02. The van der Waals surface area contributed by atoms with Crippen LogP contribution in [0.3, 0.4) is 0 Å². The molecule has 0 unspecified atom stereocenters. The first-order valence-electron chi connectivity index (χ1n) is 7.84. The maximum Gasteiger partial charge on any atom is 0.338 e. The summed E-state index contributed by atoms with van der Waals surface area (Å²) in [6.45, 7) is 5.86. The standard InChI is InChI=1S/C19H17ClFNO2S/c1-4-24-19(23)14-9-12(6-5-10(14)2)25-18-11(3)22-17-13(18)7-8-15(20)16(17)21/h5-9,22H,4H2,1-3H3. The quantitative estimate of drug-likeness (QED) is 0.575. The lowest BCUT2D eigenvalue weighted by molar-refractivity contribution is 0.0525. The number of esters is 1. The zero-order valence-electron chi connectivity index (χ0n) is 14.1. The van der Waals surface area contributed by atoms with Crippen molar-refractivity contribution in [1.29, 1.82) is 0 Å². The molecule has 0 aliphatic carbocycles. The van der Waals surface area contributed by atoms with Crippen LogP contribution in [0.5, 0.6) is 0 Å². The average molecular weight is 378 g/mol. The zero-order chi connectivity index (χ0) is 18.1. The fraction of sp³-hybridized carbons (Fsp3) is 0.211. The molecular weight excluding hydrogens is 361 g/mol. The summed E-state index contributed by atoms with van der Waals surface area (Å²) in [7, 11) is 0. The van der Waals surface area contributed by atoms with Crippen LogP contribution in [0, 0.1) is 19.7 Å². The van der Waals surface area contributed by atoms with Gasteiger partial charge in [0, 0.05) is 20.9 Å². The van der Waals surface area contributed by atoms with E-state index < -0.39 is 5.82 Å². The van der Waals surface area contributed by atoms with Gasteiger partial charge in [0.25, 0.3) is 0 Å². The second-order valence-electron chi connectivity index (χ2n) is 5.66. The Labute approximate surface area is 154 Å². The zero-order valence-corrected chi connectivity index (χ0v) is 15.6. The molecule has 6 heteroatoms. The van der Waals surface area contributed by atoms with E-state index in [4.69, 9.17) is 16.3 Å². The number of aryl methyl sites for hydroxylation is 2. The van der Waals surface area contributed by atoms with Crippen molar-refractivity contribution in [3.05, 3.63) is 58.0 Å². The number of fused-ring (bicyclic) bond motifs is 1. The fourth-order valence-electron chi connectivity index (χ4n) is 2.65. The molecule has 130 valence electrons. The van der Waals surface area contributed by atoms with E-state index >= 15 is 0 Å². The molecule has 3 rings (SSSR count). The van der Waals surface area contributed by atoms with Gasteiger partial charge in [0.2, 0.25) is 0 Å². The molecule has 2 aromatic carbocycles. The largest absolute Gasteiger partial charge is 0.462 e. The Morgan fingerprint density at radius 3 is 2.76 bits per heavy atom.